The third-order valence-corrected chi connectivity index (χ3v) is 3.37. The van der Waals surface area contributed by atoms with Crippen LogP contribution in [0.15, 0.2) is 18.2 Å². The van der Waals surface area contributed by atoms with Gasteiger partial charge in [-0.2, -0.15) is 0 Å². The van der Waals surface area contributed by atoms with Crippen molar-refractivity contribution in [3.63, 3.8) is 0 Å². The van der Waals surface area contributed by atoms with Crippen LogP contribution in [-0.4, -0.2) is 43.7 Å². The van der Waals surface area contributed by atoms with E-state index in [0.29, 0.717) is 31.3 Å². The Morgan fingerprint density at radius 3 is 3.05 bits per heavy atom. The molecule has 0 spiro atoms. The van der Waals surface area contributed by atoms with E-state index >= 15 is 0 Å². The molecule has 2 rings (SSSR count). The summed E-state index contributed by atoms with van der Waals surface area (Å²) in [5, 5.41) is 3.43. The quantitative estimate of drug-likeness (QED) is 0.914. The highest BCUT2D eigenvalue weighted by Crippen LogP contribution is 2.19. The number of rotatable bonds is 3. The SMILES string of the molecule is CN(Cc1ccc(F)cc1Cl)C(=O)[C@H]1COCCN1. The number of halogens is 2. The van der Waals surface area contributed by atoms with E-state index in [0.717, 1.165) is 5.56 Å². The van der Waals surface area contributed by atoms with Crippen molar-refractivity contribution in [3.05, 3.63) is 34.6 Å². The van der Waals surface area contributed by atoms with Gasteiger partial charge in [0.15, 0.2) is 0 Å². The molecule has 0 unspecified atom stereocenters. The average Bonchev–Trinajstić information content (AvgIpc) is 2.42. The molecule has 6 heteroatoms. The summed E-state index contributed by atoms with van der Waals surface area (Å²) in [5.74, 6) is -0.440. The molecule has 104 valence electrons. The zero-order chi connectivity index (χ0) is 13.8. The Morgan fingerprint density at radius 2 is 2.42 bits per heavy atom. The third kappa shape index (κ3) is 3.65. The van der Waals surface area contributed by atoms with Gasteiger partial charge in [0.05, 0.1) is 13.2 Å². The van der Waals surface area contributed by atoms with Crippen molar-refractivity contribution in [2.75, 3.05) is 26.8 Å². The molecule has 0 aliphatic carbocycles. The number of carbonyl (C=O) groups excluding carboxylic acids is 1. The molecule has 19 heavy (non-hydrogen) atoms. The lowest BCUT2D eigenvalue weighted by Gasteiger charge is -2.27. The number of morpholine rings is 1. The molecular weight excluding hydrogens is 271 g/mol. The van der Waals surface area contributed by atoms with Crippen molar-refractivity contribution in [1.29, 1.82) is 0 Å². The maximum atomic E-state index is 12.9. The molecule has 0 radical (unpaired) electrons. The van der Waals surface area contributed by atoms with Gasteiger partial charge in [0.1, 0.15) is 11.9 Å². The lowest BCUT2D eigenvalue weighted by Crippen LogP contribution is -2.51. The van der Waals surface area contributed by atoms with Crippen LogP contribution in [0.4, 0.5) is 4.39 Å². The smallest absolute Gasteiger partial charge is 0.242 e. The summed E-state index contributed by atoms with van der Waals surface area (Å²) < 4.78 is 18.2. The summed E-state index contributed by atoms with van der Waals surface area (Å²) in [6.45, 7) is 2.01. The summed E-state index contributed by atoms with van der Waals surface area (Å²) in [6, 6.07) is 3.85. The van der Waals surface area contributed by atoms with Crippen LogP contribution in [0.25, 0.3) is 0 Å². The highest BCUT2D eigenvalue weighted by atomic mass is 35.5. The predicted octanol–water partition coefficient (Wildman–Crippen LogP) is 1.43. The number of likely N-dealkylation sites (N-methyl/N-ethyl adjacent to an activating group) is 1. The maximum Gasteiger partial charge on any atom is 0.242 e. The Kier molecular flexibility index (Phi) is 4.74. The highest BCUT2D eigenvalue weighted by molar-refractivity contribution is 6.31. The average molecular weight is 287 g/mol. The molecule has 1 amide bonds. The van der Waals surface area contributed by atoms with E-state index in [1.165, 1.54) is 12.1 Å². The molecule has 1 N–H and O–H groups in total. The van der Waals surface area contributed by atoms with Crippen LogP contribution < -0.4 is 5.32 Å². The van der Waals surface area contributed by atoms with Gasteiger partial charge >= 0.3 is 0 Å². The fourth-order valence-electron chi connectivity index (χ4n) is 1.97. The van der Waals surface area contributed by atoms with Gasteiger partial charge in [-0.3, -0.25) is 4.79 Å². The van der Waals surface area contributed by atoms with E-state index in [1.807, 2.05) is 0 Å². The Bertz CT molecular complexity index is 464. The van der Waals surface area contributed by atoms with Gasteiger partial charge in [-0.1, -0.05) is 17.7 Å². The van der Waals surface area contributed by atoms with E-state index in [1.54, 1.807) is 18.0 Å². The van der Waals surface area contributed by atoms with Crippen molar-refractivity contribution >= 4 is 17.5 Å². The monoisotopic (exact) mass is 286 g/mol. The number of hydrogen-bond acceptors (Lipinski definition) is 3. The first-order valence-electron chi connectivity index (χ1n) is 6.08. The molecule has 1 aliphatic rings. The van der Waals surface area contributed by atoms with Crippen molar-refractivity contribution < 1.29 is 13.9 Å². The Labute approximate surface area is 116 Å². The standard InChI is InChI=1S/C13H16ClFN2O2/c1-17(13(18)12-8-19-5-4-16-12)7-9-2-3-10(15)6-11(9)14/h2-3,6,12,16H,4-5,7-8H2,1H3/t12-/m1/s1. The first-order chi connectivity index (χ1) is 9.08. The molecule has 1 heterocycles. The highest BCUT2D eigenvalue weighted by Gasteiger charge is 2.24. The summed E-state index contributed by atoms with van der Waals surface area (Å²) in [5.41, 5.74) is 0.718. The van der Waals surface area contributed by atoms with Crippen LogP contribution in [0.1, 0.15) is 5.56 Å². The van der Waals surface area contributed by atoms with Gasteiger partial charge in [-0.25, -0.2) is 4.39 Å². The zero-order valence-corrected chi connectivity index (χ0v) is 11.4. The summed E-state index contributed by atoms with van der Waals surface area (Å²) in [7, 11) is 1.69. The second kappa shape index (κ2) is 6.32. The van der Waals surface area contributed by atoms with Crippen LogP contribution in [0.5, 0.6) is 0 Å². The van der Waals surface area contributed by atoms with Crippen molar-refractivity contribution in [3.8, 4) is 0 Å². The largest absolute Gasteiger partial charge is 0.378 e. The third-order valence-electron chi connectivity index (χ3n) is 3.02. The van der Waals surface area contributed by atoms with Gasteiger partial charge in [-0.15, -0.1) is 0 Å². The minimum absolute atomic E-state index is 0.0555. The van der Waals surface area contributed by atoms with Gasteiger partial charge in [0, 0.05) is 25.2 Å². The molecule has 0 aromatic heterocycles. The second-order valence-electron chi connectivity index (χ2n) is 4.51. The number of benzene rings is 1. The number of hydrogen-bond donors (Lipinski definition) is 1. The summed E-state index contributed by atoms with van der Waals surface area (Å²) >= 11 is 5.95. The van der Waals surface area contributed by atoms with Gasteiger partial charge in [0.25, 0.3) is 0 Å². The molecule has 1 fully saturated rings. The molecule has 0 bridgehead atoms. The molecule has 1 aromatic carbocycles. The van der Waals surface area contributed by atoms with E-state index in [-0.39, 0.29) is 17.8 Å². The first-order valence-corrected chi connectivity index (χ1v) is 6.46. The van der Waals surface area contributed by atoms with Gasteiger partial charge in [0.2, 0.25) is 5.91 Å². The van der Waals surface area contributed by atoms with E-state index < -0.39 is 0 Å². The Hall–Kier alpha value is -1.17. The minimum Gasteiger partial charge on any atom is -0.378 e. The van der Waals surface area contributed by atoms with Crippen molar-refractivity contribution in [2.24, 2.45) is 0 Å². The fourth-order valence-corrected chi connectivity index (χ4v) is 2.20. The van der Waals surface area contributed by atoms with Crippen LogP contribution in [-0.2, 0) is 16.1 Å². The summed E-state index contributed by atoms with van der Waals surface area (Å²) in [4.78, 5) is 13.7. The van der Waals surface area contributed by atoms with Crippen molar-refractivity contribution in [2.45, 2.75) is 12.6 Å². The fraction of sp³-hybridized carbons (Fsp3) is 0.462. The molecule has 4 nitrogen and oxygen atoms in total. The molecular formula is C13H16ClFN2O2. The number of ether oxygens (including phenoxy) is 1. The molecule has 1 saturated heterocycles. The maximum absolute atomic E-state index is 12.9. The van der Waals surface area contributed by atoms with Crippen LogP contribution >= 0.6 is 11.6 Å². The molecule has 1 atom stereocenters. The normalized spacial score (nSPS) is 19.2. The van der Waals surface area contributed by atoms with Gasteiger partial charge in [-0.05, 0) is 17.7 Å². The van der Waals surface area contributed by atoms with E-state index in [2.05, 4.69) is 5.32 Å². The molecule has 1 aromatic rings. The number of nitrogens with zero attached hydrogens (tertiary/aromatic N) is 1. The second-order valence-corrected chi connectivity index (χ2v) is 4.92. The summed E-state index contributed by atoms with van der Waals surface area (Å²) in [6.07, 6.45) is 0. The number of nitrogens with one attached hydrogen (secondary N) is 1. The van der Waals surface area contributed by atoms with Crippen LogP contribution in [0.2, 0.25) is 5.02 Å². The molecule has 0 saturated carbocycles. The minimum atomic E-state index is -0.384. The number of amides is 1. The predicted molar refractivity (Wildman–Crippen MR) is 70.5 cm³/mol. The van der Waals surface area contributed by atoms with Crippen LogP contribution in [0, 0.1) is 5.82 Å². The lowest BCUT2D eigenvalue weighted by molar-refractivity contribution is -0.135. The van der Waals surface area contributed by atoms with Crippen molar-refractivity contribution in [1.82, 2.24) is 10.2 Å². The van der Waals surface area contributed by atoms with Gasteiger partial charge < -0.3 is 15.0 Å². The number of carbonyl (C=O) groups is 1. The van der Waals surface area contributed by atoms with Crippen LogP contribution in [0.3, 0.4) is 0 Å². The lowest BCUT2D eigenvalue weighted by atomic mass is 10.2. The zero-order valence-electron chi connectivity index (χ0n) is 10.7. The topological polar surface area (TPSA) is 41.6 Å². The Balaban J connectivity index is 1.99. The first kappa shape index (κ1) is 14.2. The van der Waals surface area contributed by atoms with E-state index in [4.69, 9.17) is 16.3 Å². The Morgan fingerprint density at radius 1 is 1.63 bits per heavy atom. The van der Waals surface area contributed by atoms with E-state index in [9.17, 15) is 9.18 Å². The molecule has 1 aliphatic heterocycles.